The van der Waals surface area contributed by atoms with Crippen LogP contribution in [0.1, 0.15) is 24.5 Å². The number of aliphatic hydroxyl groups excluding tert-OH is 1. The zero-order valence-corrected chi connectivity index (χ0v) is 10.9. The molecule has 3 rings (SSSR count). The number of hydrogen-bond acceptors (Lipinski definition) is 4. The molecule has 1 aromatic heterocycles. The van der Waals surface area contributed by atoms with Crippen LogP contribution in [0.5, 0.6) is 5.88 Å². The number of aliphatic hydroxyl groups is 1. The van der Waals surface area contributed by atoms with E-state index in [1.54, 1.807) is 6.07 Å². The third-order valence-electron chi connectivity index (χ3n) is 3.34. The van der Waals surface area contributed by atoms with Gasteiger partial charge in [0.2, 0.25) is 5.88 Å². The molecule has 0 saturated heterocycles. The minimum atomic E-state index is -0.486. The van der Waals surface area contributed by atoms with Gasteiger partial charge in [-0.05, 0) is 30.4 Å². The summed E-state index contributed by atoms with van der Waals surface area (Å²) in [7, 11) is 0. The normalized spacial score (nSPS) is 16.3. The van der Waals surface area contributed by atoms with Crippen molar-refractivity contribution < 1.29 is 10.2 Å². The number of aromatic nitrogens is 2. The van der Waals surface area contributed by atoms with E-state index in [2.05, 4.69) is 9.97 Å². The first-order valence-electron chi connectivity index (χ1n) is 6.14. The van der Waals surface area contributed by atoms with E-state index in [1.807, 2.05) is 12.1 Å². The molecule has 4 nitrogen and oxygen atoms in total. The standard InChI is InChI=1S/C14H13ClN2O2/c15-11-5-9(12-6-13(18)17-7-16-12)3-4-10(11)14(19)8-1-2-8/h3-8,14,19H,1-2H2,(H,16,17,18). The van der Waals surface area contributed by atoms with Crippen LogP contribution < -0.4 is 0 Å². The monoisotopic (exact) mass is 276 g/mol. The van der Waals surface area contributed by atoms with Gasteiger partial charge in [0.1, 0.15) is 6.33 Å². The largest absolute Gasteiger partial charge is 0.493 e. The van der Waals surface area contributed by atoms with Crippen LogP contribution in [0.15, 0.2) is 30.6 Å². The average Bonchev–Trinajstić information content (AvgIpc) is 3.22. The average molecular weight is 277 g/mol. The molecule has 1 aromatic carbocycles. The van der Waals surface area contributed by atoms with Gasteiger partial charge in [0.25, 0.3) is 0 Å². The molecule has 1 unspecified atom stereocenters. The van der Waals surface area contributed by atoms with Gasteiger partial charge in [-0.2, -0.15) is 0 Å². The van der Waals surface area contributed by atoms with Crippen LogP contribution in [-0.4, -0.2) is 20.2 Å². The van der Waals surface area contributed by atoms with Crippen molar-refractivity contribution in [3.63, 3.8) is 0 Å². The fourth-order valence-electron chi connectivity index (χ4n) is 2.10. The summed E-state index contributed by atoms with van der Waals surface area (Å²) in [4.78, 5) is 7.72. The highest BCUT2D eigenvalue weighted by molar-refractivity contribution is 6.31. The lowest BCUT2D eigenvalue weighted by Gasteiger charge is -2.12. The van der Waals surface area contributed by atoms with Gasteiger partial charge in [-0.1, -0.05) is 23.7 Å². The van der Waals surface area contributed by atoms with E-state index in [4.69, 9.17) is 11.6 Å². The van der Waals surface area contributed by atoms with Crippen molar-refractivity contribution in [1.82, 2.24) is 9.97 Å². The fraction of sp³-hybridized carbons (Fsp3) is 0.286. The summed E-state index contributed by atoms with van der Waals surface area (Å²) < 4.78 is 0. The summed E-state index contributed by atoms with van der Waals surface area (Å²) in [5.74, 6) is 0.259. The number of rotatable bonds is 3. The molecule has 2 N–H and O–H groups in total. The van der Waals surface area contributed by atoms with Crippen LogP contribution in [0.4, 0.5) is 0 Å². The van der Waals surface area contributed by atoms with Crippen molar-refractivity contribution in [2.75, 3.05) is 0 Å². The second kappa shape index (κ2) is 4.79. The van der Waals surface area contributed by atoms with Crippen LogP contribution >= 0.6 is 11.6 Å². The summed E-state index contributed by atoms with van der Waals surface area (Å²) in [5.41, 5.74) is 2.14. The van der Waals surface area contributed by atoms with Gasteiger partial charge >= 0.3 is 0 Å². The molecule has 1 atom stereocenters. The molecule has 98 valence electrons. The van der Waals surface area contributed by atoms with Crippen LogP contribution in [0.2, 0.25) is 5.02 Å². The number of aromatic hydroxyl groups is 1. The molecule has 0 spiro atoms. The zero-order chi connectivity index (χ0) is 13.4. The molecule has 0 amide bonds. The zero-order valence-electron chi connectivity index (χ0n) is 10.1. The Kier molecular flexibility index (Phi) is 3.12. The predicted molar refractivity (Wildman–Crippen MR) is 71.8 cm³/mol. The first-order valence-corrected chi connectivity index (χ1v) is 6.52. The molecule has 2 aromatic rings. The first kappa shape index (κ1) is 12.4. The molecular formula is C14H13ClN2O2. The van der Waals surface area contributed by atoms with Gasteiger partial charge in [-0.3, -0.25) is 0 Å². The Morgan fingerprint density at radius 2 is 2.00 bits per heavy atom. The van der Waals surface area contributed by atoms with Crippen LogP contribution in [0, 0.1) is 5.92 Å². The van der Waals surface area contributed by atoms with E-state index >= 15 is 0 Å². The Balaban J connectivity index is 1.94. The Morgan fingerprint density at radius 3 is 2.63 bits per heavy atom. The second-order valence-electron chi connectivity index (χ2n) is 4.78. The van der Waals surface area contributed by atoms with Crippen LogP contribution in [-0.2, 0) is 0 Å². The molecule has 1 aliphatic carbocycles. The van der Waals surface area contributed by atoms with Crippen molar-refractivity contribution in [1.29, 1.82) is 0 Å². The molecule has 1 heterocycles. The van der Waals surface area contributed by atoms with Gasteiger partial charge in [0.05, 0.1) is 11.8 Å². The quantitative estimate of drug-likeness (QED) is 0.904. The van der Waals surface area contributed by atoms with E-state index in [0.717, 1.165) is 24.0 Å². The summed E-state index contributed by atoms with van der Waals surface area (Å²) in [6.45, 7) is 0. The highest BCUT2D eigenvalue weighted by Gasteiger charge is 2.31. The van der Waals surface area contributed by atoms with Gasteiger partial charge in [-0.25, -0.2) is 9.97 Å². The summed E-state index contributed by atoms with van der Waals surface area (Å²) in [6, 6.07) is 6.89. The van der Waals surface area contributed by atoms with Crippen molar-refractivity contribution in [3.8, 4) is 17.1 Å². The van der Waals surface area contributed by atoms with Gasteiger partial charge < -0.3 is 10.2 Å². The van der Waals surface area contributed by atoms with Crippen molar-refractivity contribution in [2.24, 2.45) is 5.92 Å². The Bertz CT molecular complexity index is 614. The molecule has 19 heavy (non-hydrogen) atoms. The van der Waals surface area contributed by atoms with E-state index in [9.17, 15) is 10.2 Å². The lowest BCUT2D eigenvalue weighted by molar-refractivity contribution is 0.154. The second-order valence-corrected chi connectivity index (χ2v) is 5.19. The maximum atomic E-state index is 10.1. The van der Waals surface area contributed by atoms with Gasteiger partial charge in [0, 0.05) is 16.7 Å². The van der Waals surface area contributed by atoms with E-state index in [1.165, 1.54) is 12.4 Å². The summed E-state index contributed by atoms with van der Waals surface area (Å²) in [5, 5.41) is 20.0. The maximum Gasteiger partial charge on any atom is 0.214 e. The first-order chi connectivity index (χ1) is 9.15. The minimum Gasteiger partial charge on any atom is -0.493 e. The van der Waals surface area contributed by atoms with Crippen molar-refractivity contribution in [2.45, 2.75) is 18.9 Å². The SMILES string of the molecule is Oc1cc(-c2ccc(C(O)C3CC3)c(Cl)c2)ncn1. The minimum absolute atomic E-state index is 0.0804. The Labute approximate surface area is 115 Å². The summed E-state index contributed by atoms with van der Waals surface area (Å²) >= 11 is 6.22. The third kappa shape index (κ3) is 2.55. The highest BCUT2D eigenvalue weighted by atomic mass is 35.5. The maximum absolute atomic E-state index is 10.1. The number of nitrogens with zero attached hydrogens (tertiary/aromatic N) is 2. The number of halogens is 1. The fourth-order valence-corrected chi connectivity index (χ4v) is 2.39. The molecule has 1 aliphatic rings. The van der Waals surface area contributed by atoms with Crippen LogP contribution in [0.3, 0.4) is 0 Å². The highest BCUT2D eigenvalue weighted by Crippen LogP contribution is 2.43. The van der Waals surface area contributed by atoms with Gasteiger partial charge in [-0.15, -0.1) is 0 Å². The lowest BCUT2D eigenvalue weighted by atomic mass is 10.0. The molecule has 0 aliphatic heterocycles. The van der Waals surface area contributed by atoms with E-state index < -0.39 is 6.10 Å². The molecule has 1 fully saturated rings. The Morgan fingerprint density at radius 1 is 1.21 bits per heavy atom. The van der Waals surface area contributed by atoms with E-state index in [-0.39, 0.29) is 5.88 Å². The topological polar surface area (TPSA) is 66.2 Å². The van der Waals surface area contributed by atoms with Crippen LogP contribution in [0.25, 0.3) is 11.3 Å². The smallest absolute Gasteiger partial charge is 0.214 e. The number of hydrogen-bond donors (Lipinski definition) is 2. The van der Waals surface area contributed by atoms with Gasteiger partial charge in [0.15, 0.2) is 0 Å². The molecule has 1 saturated carbocycles. The summed E-state index contributed by atoms with van der Waals surface area (Å²) in [6.07, 6.45) is 2.92. The molecule has 5 heteroatoms. The number of benzene rings is 1. The molecule has 0 radical (unpaired) electrons. The predicted octanol–water partition coefficient (Wildman–Crippen LogP) is 2.95. The Hall–Kier alpha value is -1.65. The van der Waals surface area contributed by atoms with Crippen molar-refractivity contribution in [3.05, 3.63) is 41.2 Å². The third-order valence-corrected chi connectivity index (χ3v) is 3.66. The lowest BCUT2D eigenvalue weighted by Crippen LogP contribution is -2.00. The van der Waals surface area contributed by atoms with Crippen molar-refractivity contribution >= 4 is 11.6 Å². The molecule has 0 bridgehead atoms. The van der Waals surface area contributed by atoms with E-state index in [0.29, 0.717) is 16.6 Å². The molecular weight excluding hydrogens is 264 g/mol.